The highest BCUT2D eigenvalue weighted by Gasteiger charge is 2.02. The first-order chi connectivity index (χ1) is 6.65. The second-order valence-electron chi connectivity index (χ2n) is 2.38. The van der Waals surface area contributed by atoms with Crippen molar-refractivity contribution in [2.24, 2.45) is 0 Å². The topological polar surface area (TPSA) is 52.0 Å². The van der Waals surface area contributed by atoms with Crippen molar-refractivity contribution in [2.45, 2.75) is 30.6 Å². The van der Waals surface area contributed by atoms with E-state index in [2.05, 4.69) is 19.6 Å². The number of nitrogen functional groups attached to an aromatic ring is 2. The van der Waals surface area contributed by atoms with E-state index in [-0.39, 0.29) is 0 Å². The second-order valence-corrected chi connectivity index (χ2v) is 4.17. The summed E-state index contributed by atoms with van der Waals surface area (Å²) < 4.78 is 0. The van der Waals surface area contributed by atoms with Crippen molar-refractivity contribution in [1.29, 1.82) is 0 Å². The highest BCUT2D eigenvalue weighted by Crippen LogP contribution is 2.30. The van der Waals surface area contributed by atoms with Crippen LogP contribution in [0.2, 0.25) is 0 Å². The van der Waals surface area contributed by atoms with Gasteiger partial charge in [-0.2, -0.15) is 0 Å². The van der Waals surface area contributed by atoms with Crippen LogP contribution in [0.4, 0.5) is 11.4 Å². The molecule has 1 aromatic carbocycles. The standard InChI is InChI=1S/C8H12N2S2.C2H6/c1-2-12-8-4-5(9)7(11)3-6(8)10;1-2/h3-4,11H,2,9-10H2,1H3;1-2H3. The summed E-state index contributed by atoms with van der Waals surface area (Å²) in [5.41, 5.74) is 12.9. The van der Waals surface area contributed by atoms with Gasteiger partial charge in [-0.1, -0.05) is 20.8 Å². The number of rotatable bonds is 2. The average molecular weight is 230 g/mol. The summed E-state index contributed by atoms with van der Waals surface area (Å²) in [6, 6.07) is 3.66. The van der Waals surface area contributed by atoms with Gasteiger partial charge < -0.3 is 11.5 Å². The Kier molecular flexibility index (Phi) is 6.66. The molecule has 0 bridgehead atoms. The summed E-state index contributed by atoms with van der Waals surface area (Å²) in [6.07, 6.45) is 0. The van der Waals surface area contributed by atoms with Crippen LogP contribution in [-0.2, 0) is 0 Å². The number of nitrogens with two attached hydrogens (primary N) is 2. The van der Waals surface area contributed by atoms with Crippen molar-refractivity contribution < 1.29 is 0 Å². The van der Waals surface area contributed by atoms with Crippen molar-refractivity contribution >= 4 is 35.8 Å². The highest BCUT2D eigenvalue weighted by molar-refractivity contribution is 7.99. The molecule has 1 aromatic rings. The first-order valence-corrected chi connectivity index (χ1v) is 6.09. The van der Waals surface area contributed by atoms with Crippen molar-refractivity contribution in [2.75, 3.05) is 17.2 Å². The fourth-order valence-electron chi connectivity index (χ4n) is 0.881. The van der Waals surface area contributed by atoms with Gasteiger partial charge in [0.2, 0.25) is 0 Å². The molecule has 0 amide bonds. The molecule has 0 fully saturated rings. The molecule has 14 heavy (non-hydrogen) atoms. The van der Waals surface area contributed by atoms with E-state index in [0.717, 1.165) is 21.2 Å². The minimum atomic E-state index is 0.684. The zero-order valence-electron chi connectivity index (χ0n) is 8.87. The molecule has 4 heteroatoms. The van der Waals surface area contributed by atoms with E-state index in [0.29, 0.717) is 5.69 Å². The van der Waals surface area contributed by atoms with E-state index >= 15 is 0 Å². The van der Waals surface area contributed by atoms with Gasteiger partial charge in [-0.05, 0) is 17.9 Å². The van der Waals surface area contributed by atoms with Crippen LogP contribution in [0.3, 0.4) is 0 Å². The molecule has 0 aliphatic rings. The third-order valence-electron chi connectivity index (χ3n) is 1.46. The Hall–Kier alpha value is -0.480. The van der Waals surface area contributed by atoms with Crippen LogP contribution in [0.5, 0.6) is 0 Å². The van der Waals surface area contributed by atoms with Gasteiger partial charge in [0.15, 0.2) is 0 Å². The van der Waals surface area contributed by atoms with Crippen LogP contribution >= 0.6 is 24.4 Å². The third-order valence-corrected chi connectivity index (χ3v) is 2.80. The smallest absolute Gasteiger partial charge is 0.0464 e. The van der Waals surface area contributed by atoms with Crippen LogP contribution in [0.25, 0.3) is 0 Å². The minimum Gasteiger partial charge on any atom is -0.398 e. The molecule has 0 atom stereocenters. The van der Waals surface area contributed by atoms with E-state index in [9.17, 15) is 0 Å². The van der Waals surface area contributed by atoms with E-state index in [1.165, 1.54) is 0 Å². The SMILES string of the molecule is CC.CCSc1cc(N)c(S)cc1N. The maximum atomic E-state index is 5.75. The number of benzene rings is 1. The fourth-order valence-corrected chi connectivity index (χ4v) is 1.83. The van der Waals surface area contributed by atoms with Gasteiger partial charge in [-0.15, -0.1) is 24.4 Å². The lowest BCUT2D eigenvalue weighted by atomic mass is 10.3. The molecule has 4 N–H and O–H groups in total. The molecule has 0 aliphatic heterocycles. The summed E-state index contributed by atoms with van der Waals surface area (Å²) in [5, 5.41) is 0. The predicted molar refractivity (Wildman–Crippen MR) is 70.3 cm³/mol. The Morgan fingerprint density at radius 1 is 1.21 bits per heavy atom. The van der Waals surface area contributed by atoms with Crippen LogP contribution in [0.1, 0.15) is 20.8 Å². The lowest BCUT2D eigenvalue weighted by molar-refractivity contribution is 1.36. The zero-order valence-corrected chi connectivity index (χ0v) is 10.6. The number of hydrogen-bond acceptors (Lipinski definition) is 4. The molecule has 0 aliphatic carbocycles. The van der Waals surface area contributed by atoms with E-state index in [1.807, 2.05) is 19.9 Å². The fraction of sp³-hybridized carbons (Fsp3) is 0.400. The number of hydrogen-bond donors (Lipinski definition) is 3. The highest BCUT2D eigenvalue weighted by atomic mass is 32.2. The molecule has 0 spiro atoms. The molecular weight excluding hydrogens is 212 g/mol. The predicted octanol–water partition coefficient (Wildman–Crippen LogP) is 3.28. The maximum Gasteiger partial charge on any atom is 0.0464 e. The van der Waals surface area contributed by atoms with E-state index in [4.69, 9.17) is 11.5 Å². The van der Waals surface area contributed by atoms with Crippen LogP contribution < -0.4 is 11.5 Å². The van der Waals surface area contributed by atoms with Crippen LogP contribution in [-0.4, -0.2) is 5.75 Å². The van der Waals surface area contributed by atoms with Gasteiger partial charge in [0.1, 0.15) is 0 Å². The van der Waals surface area contributed by atoms with Crippen molar-refractivity contribution in [3.63, 3.8) is 0 Å². The van der Waals surface area contributed by atoms with E-state index < -0.39 is 0 Å². The van der Waals surface area contributed by atoms with E-state index in [1.54, 1.807) is 17.8 Å². The Balaban J connectivity index is 0.000000791. The monoisotopic (exact) mass is 230 g/mol. The lowest BCUT2D eigenvalue weighted by Crippen LogP contribution is -1.93. The number of thiol groups is 1. The molecule has 0 heterocycles. The molecular formula is C10H18N2S2. The normalized spacial score (nSPS) is 9.14. The van der Waals surface area contributed by atoms with Gasteiger partial charge >= 0.3 is 0 Å². The second kappa shape index (κ2) is 6.90. The zero-order chi connectivity index (χ0) is 11.1. The Labute approximate surface area is 95.9 Å². The third kappa shape index (κ3) is 3.72. The lowest BCUT2D eigenvalue weighted by Gasteiger charge is -2.06. The molecule has 0 saturated carbocycles. The quantitative estimate of drug-likeness (QED) is 0.415. The van der Waals surface area contributed by atoms with Gasteiger partial charge in [0, 0.05) is 21.2 Å². The summed E-state index contributed by atoms with van der Waals surface area (Å²) in [7, 11) is 0. The summed E-state index contributed by atoms with van der Waals surface area (Å²) in [4.78, 5) is 1.78. The van der Waals surface area contributed by atoms with Crippen LogP contribution in [0, 0.1) is 0 Å². The molecule has 0 radical (unpaired) electrons. The molecule has 0 unspecified atom stereocenters. The van der Waals surface area contributed by atoms with Crippen molar-refractivity contribution in [3.8, 4) is 0 Å². The van der Waals surface area contributed by atoms with Gasteiger partial charge in [-0.3, -0.25) is 0 Å². The molecule has 0 aromatic heterocycles. The first kappa shape index (κ1) is 13.5. The van der Waals surface area contributed by atoms with Crippen LogP contribution in [0.15, 0.2) is 21.9 Å². The van der Waals surface area contributed by atoms with Crippen molar-refractivity contribution in [1.82, 2.24) is 0 Å². The molecule has 0 saturated heterocycles. The summed E-state index contributed by atoms with van der Waals surface area (Å²) in [6.45, 7) is 6.08. The Bertz CT molecular complexity index is 288. The first-order valence-electron chi connectivity index (χ1n) is 4.66. The molecule has 2 nitrogen and oxygen atoms in total. The van der Waals surface area contributed by atoms with Gasteiger partial charge in [0.05, 0.1) is 0 Å². The van der Waals surface area contributed by atoms with Crippen molar-refractivity contribution in [3.05, 3.63) is 12.1 Å². The maximum absolute atomic E-state index is 5.75. The minimum absolute atomic E-state index is 0.684. The number of thioether (sulfide) groups is 1. The summed E-state index contributed by atoms with van der Waals surface area (Å²) >= 11 is 5.85. The Morgan fingerprint density at radius 2 is 1.79 bits per heavy atom. The number of anilines is 2. The molecule has 80 valence electrons. The average Bonchev–Trinajstić information content (AvgIpc) is 2.18. The van der Waals surface area contributed by atoms with Gasteiger partial charge in [0.25, 0.3) is 0 Å². The Morgan fingerprint density at radius 3 is 2.29 bits per heavy atom. The molecule has 1 rings (SSSR count). The largest absolute Gasteiger partial charge is 0.398 e. The summed E-state index contributed by atoms with van der Waals surface area (Å²) in [5.74, 6) is 0.996. The van der Waals surface area contributed by atoms with Gasteiger partial charge in [-0.25, -0.2) is 0 Å².